The van der Waals surface area contributed by atoms with Crippen molar-refractivity contribution < 1.29 is 8.42 Å². The van der Waals surface area contributed by atoms with Crippen LogP contribution in [-0.4, -0.2) is 23.2 Å². The molecule has 0 saturated heterocycles. The summed E-state index contributed by atoms with van der Waals surface area (Å²) in [6, 6.07) is 22.9. The van der Waals surface area contributed by atoms with Crippen LogP contribution in [0.15, 0.2) is 83.9 Å². The maximum Gasteiger partial charge on any atom is 0.265 e. The summed E-state index contributed by atoms with van der Waals surface area (Å²) in [6.07, 6.45) is 1.53. The summed E-state index contributed by atoms with van der Waals surface area (Å²) in [5, 5.41) is 5.26. The molecule has 2 aromatic heterocycles. The third-order valence-electron chi connectivity index (χ3n) is 5.09. The molecule has 0 unspecified atom stereocenters. The van der Waals surface area contributed by atoms with Gasteiger partial charge >= 0.3 is 0 Å². The smallest absolute Gasteiger partial charge is 0.265 e. The zero-order valence-corrected chi connectivity index (χ0v) is 19.1. The van der Waals surface area contributed by atoms with Crippen LogP contribution in [0, 0.1) is 13.8 Å². The van der Waals surface area contributed by atoms with E-state index in [1.165, 1.54) is 11.8 Å². The first-order valence-electron chi connectivity index (χ1n) is 10.0. The Morgan fingerprint density at radius 1 is 0.938 bits per heavy atom. The van der Waals surface area contributed by atoms with Gasteiger partial charge in [0.25, 0.3) is 10.0 Å². The predicted octanol–water partition coefficient (Wildman–Crippen LogP) is 5.57. The van der Waals surface area contributed by atoms with E-state index in [0.29, 0.717) is 11.4 Å². The number of sulfonamides is 1. The molecule has 0 bridgehead atoms. The molecule has 32 heavy (non-hydrogen) atoms. The van der Waals surface area contributed by atoms with Crippen molar-refractivity contribution in [3.05, 3.63) is 90.3 Å². The number of nitrogens with zero attached hydrogens (tertiary/aromatic N) is 3. The topological polar surface area (TPSA) is 76.9 Å². The third kappa shape index (κ3) is 3.90. The number of aryl methyl sites for hydroxylation is 2. The number of hydrogen-bond donors (Lipinski definition) is 1. The van der Waals surface area contributed by atoms with Crippen molar-refractivity contribution in [2.24, 2.45) is 0 Å². The van der Waals surface area contributed by atoms with Crippen LogP contribution >= 0.6 is 11.3 Å². The average molecular weight is 461 g/mol. The Hall–Kier alpha value is -3.49. The van der Waals surface area contributed by atoms with Gasteiger partial charge in [-0.25, -0.2) is 18.1 Å². The minimum absolute atomic E-state index is 0.145. The van der Waals surface area contributed by atoms with E-state index in [1.54, 1.807) is 35.1 Å². The molecule has 0 saturated carbocycles. The summed E-state index contributed by atoms with van der Waals surface area (Å²) in [5.74, 6) is 0. The van der Waals surface area contributed by atoms with Crippen LogP contribution in [0.5, 0.6) is 0 Å². The standard InChI is InChI=1S/C24H20N4O2S2/c1-16-8-13-21-22(14-16)31-24(25-21)18-9-11-19(12-10-18)27-32(29,30)23-15-28(26-17(23)2)20-6-4-3-5-7-20/h3-15,27H,1-2H3. The number of nitrogens with one attached hydrogen (secondary N) is 1. The lowest BCUT2D eigenvalue weighted by molar-refractivity contribution is 0.600. The Kier molecular flexibility index (Phi) is 5.03. The largest absolute Gasteiger partial charge is 0.280 e. The molecule has 1 N–H and O–H groups in total. The fraction of sp³-hybridized carbons (Fsp3) is 0.0833. The molecule has 0 radical (unpaired) electrons. The first kappa shape index (κ1) is 20.4. The number of hydrogen-bond acceptors (Lipinski definition) is 5. The number of benzene rings is 3. The summed E-state index contributed by atoms with van der Waals surface area (Å²) in [4.78, 5) is 4.83. The van der Waals surface area contributed by atoms with E-state index in [9.17, 15) is 8.42 Å². The van der Waals surface area contributed by atoms with Crippen molar-refractivity contribution >= 4 is 37.3 Å². The van der Waals surface area contributed by atoms with E-state index in [-0.39, 0.29) is 4.90 Å². The second kappa shape index (κ2) is 7.89. The molecule has 8 heteroatoms. The normalized spacial score (nSPS) is 11.7. The van der Waals surface area contributed by atoms with Crippen LogP contribution in [0.25, 0.3) is 26.5 Å². The summed E-state index contributed by atoms with van der Waals surface area (Å²) >= 11 is 1.62. The van der Waals surface area contributed by atoms with E-state index < -0.39 is 10.0 Å². The Bertz CT molecular complexity index is 1520. The van der Waals surface area contributed by atoms with Crippen molar-refractivity contribution in [1.29, 1.82) is 0 Å². The van der Waals surface area contributed by atoms with Gasteiger partial charge in [0, 0.05) is 11.3 Å². The minimum Gasteiger partial charge on any atom is -0.280 e. The highest BCUT2D eigenvalue weighted by Crippen LogP contribution is 2.31. The Labute approximate surface area is 190 Å². The van der Waals surface area contributed by atoms with E-state index in [4.69, 9.17) is 0 Å². The number of fused-ring (bicyclic) bond motifs is 1. The van der Waals surface area contributed by atoms with Gasteiger partial charge in [-0.15, -0.1) is 11.3 Å². The molecule has 5 aromatic rings. The Morgan fingerprint density at radius 2 is 1.69 bits per heavy atom. The molecular formula is C24H20N4O2S2. The fourth-order valence-corrected chi connectivity index (χ4v) is 5.76. The quantitative estimate of drug-likeness (QED) is 0.372. The molecule has 5 rings (SSSR count). The minimum atomic E-state index is -3.78. The molecule has 0 aliphatic rings. The van der Waals surface area contributed by atoms with E-state index in [0.717, 1.165) is 26.5 Å². The molecule has 0 aliphatic carbocycles. The molecule has 3 aromatic carbocycles. The maximum absolute atomic E-state index is 13.0. The van der Waals surface area contributed by atoms with Gasteiger partial charge in [0.15, 0.2) is 0 Å². The van der Waals surface area contributed by atoms with E-state index in [2.05, 4.69) is 27.8 Å². The van der Waals surface area contributed by atoms with Gasteiger partial charge in [-0.1, -0.05) is 24.3 Å². The van der Waals surface area contributed by atoms with Crippen LogP contribution in [0.1, 0.15) is 11.3 Å². The highest BCUT2D eigenvalue weighted by atomic mass is 32.2. The van der Waals surface area contributed by atoms with Gasteiger partial charge in [-0.3, -0.25) is 4.72 Å². The molecular weight excluding hydrogens is 440 g/mol. The third-order valence-corrected chi connectivity index (χ3v) is 7.64. The van der Waals surface area contributed by atoms with Gasteiger partial charge in [-0.05, 0) is 67.9 Å². The van der Waals surface area contributed by atoms with Gasteiger partial charge < -0.3 is 0 Å². The first-order chi connectivity index (χ1) is 15.4. The van der Waals surface area contributed by atoms with Gasteiger partial charge in [0.2, 0.25) is 0 Å². The van der Waals surface area contributed by atoms with Gasteiger partial charge in [0.05, 0.1) is 27.8 Å². The molecule has 0 atom stereocenters. The number of thiazole rings is 1. The molecule has 0 fully saturated rings. The molecule has 0 aliphatic heterocycles. The van der Waals surface area contributed by atoms with Crippen molar-refractivity contribution in [3.63, 3.8) is 0 Å². The lowest BCUT2D eigenvalue weighted by atomic mass is 10.2. The second-order valence-electron chi connectivity index (χ2n) is 7.53. The predicted molar refractivity (Wildman–Crippen MR) is 129 cm³/mol. The lowest BCUT2D eigenvalue weighted by Crippen LogP contribution is -2.13. The van der Waals surface area contributed by atoms with Crippen molar-refractivity contribution in [1.82, 2.24) is 14.8 Å². The van der Waals surface area contributed by atoms with E-state index >= 15 is 0 Å². The number of anilines is 1. The van der Waals surface area contributed by atoms with Gasteiger partial charge in [0.1, 0.15) is 9.90 Å². The Balaban J connectivity index is 1.39. The van der Waals surface area contributed by atoms with Crippen molar-refractivity contribution in [2.45, 2.75) is 18.7 Å². The first-order valence-corrected chi connectivity index (χ1v) is 12.3. The molecule has 0 spiro atoms. The molecule has 6 nitrogen and oxygen atoms in total. The Morgan fingerprint density at radius 3 is 2.44 bits per heavy atom. The SMILES string of the molecule is Cc1ccc2nc(-c3ccc(NS(=O)(=O)c4cn(-c5ccccc5)nc4C)cc3)sc2c1. The zero-order chi connectivity index (χ0) is 22.3. The highest BCUT2D eigenvalue weighted by Gasteiger charge is 2.21. The van der Waals surface area contributed by atoms with Crippen LogP contribution in [0.3, 0.4) is 0 Å². The van der Waals surface area contributed by atoms with Crippen molar-refractivity contribution in [3.8, 4) is 16.3 Å². The summed E-state index contributed by atoms with van der Waals surface area (Å²) in [6.45, 7) is 3.75. The molecule has 2 heterocycles. The molecule has 160 valence electrons. The monoisotopic (exact) mass is 460 g/mol. The fourth-order valence-electron chi connectivity index (χ4n) is 3.47. The van der Waals surface area contributed by atoms with Crippen LogP contribution < -0.4 is 4.72 Å². The van der Waals surface area contributed by atoms with Gasteiger partial charge in [-0.2, -0.15) is 5.10 Å². The van der Waals surface area contributed by atoms with Crippen LogP contribution in [0.2, 0.25) is 0 Å². The highest BCUT2D eigenvalue weighted by molar-refractivity contribution is 7.92. The summed E-state index contributed by atoms with van der Waals surface area (Å²) < 4.78 is 31.4. The van der Waals surface area contributed by atoms with E-state index in [1.807, 2.05) is 54.6 Å². The summed E-state index contributed by atoms with van der Waals surface area (Å²) in [7, 11) is -3.78. The molecule has 0 amide bonds. The van der Waals surface area contributed by atoms with Crippen LogP contribution in [-0.2, 0) is 10.0 Å². The number of para-hydroxylation sites is 1. The number of aromatic nitrogens is 3. The second-order valence-corrected chi connectivity index (χ2v) is 10.2. The van der Waals surface area contributed by atoms with Crippen molar-refractivity contribution in [2.75, 3.05) is 4.72 Å². The maximum atomic E-state index is 13.0. The number of rotatable bonds is 5. The zero-order valence-electron chi connectivity index (χ0n) is 17.5. The van der Waals surface area contributed by atoms with Crippen LogP contribution in [0.4, 0.5) is 5.69 Å². The average Bonchev–Trinajstić information content (AvgIpc) is 3.38. The summed E-state index contributed by atoms with van der Waals surface area (Å²) in [5.41, 5.74) is 4.82. The lowest BCUT2D eigenvalue weighted by Gasteiger charge is -2.07.